The number of carbonyl (C=O) groups is 1. The van der Waals surface area contributed by atoms with Gasteiger partial charge in [0.15, 0.2) is 11.5 Å². The number of hydrogen-bond donors (Lipinski definition) is 1. The smallest absolute Gasteiger partial charge is 0.264 e. The number of benzene rings is 4. The quantitative estimate of drug-likeness (QED) is 0.377. The predicted octanol–water partition coefficient (Wildman–Crippen LogP) is 4.37. The minimum atomic E-state index is -4.09. The van der Waals surface area contributed by atoms with E-state index in [1.165, 1.54) is 32.4 Å². The van der Waals surface area contributed by atoms with Gasteiger partial charge in [-0.3, -0.25) is 9.10 Å². The van der Waals surface area contributed by atoms with Crippen LogP contribution in [0, 0.1) is 0 Å². The number of carbonyl (C=O) groups excluding carboxylic acids is 1. The van der Waals surface area contributed by atoms with Crippen molar-refractivity contribution < 1.29 is 22.7 Å². The first-order valence-corrected chi connectivity index (χ1v) is 12.4. The number of hydrogen-bond acceptors (Lipinski definition) is 5. The minimum absolute atomic E-state index is 0.0131. The summed E-state index contributed by atoms with van der Waals surface area (Å²) < 4.78 is 38.9. The zero-order chi connectivity index (χ0) is 24.8. The molecule has 1 N–H and O–H groups in total. The zero-order valence-corrected chi connectivity index (χ0v) is 20.3. The van der Waals surface area contributed by atoms with Crippen molar-refractivity contribution in [2.75, 3.05) is 25.1 Å². The number of ether oxygens (including phenoxy) is 2. The Morgan fingerprint density at radius 3 is 2.26 bits per heavy atom. The molecule has 0 aliphatic rings. The second kappa shape index (κ2) is 10.5. The summed E-state index contributed by atoms with van der Waals surface area (Å²) in [7, 11) is -1.18. The van der Waals surface area contributed by atoms with Gasteiger partial charge in [-0.15, -0.1) is 0 Å². The molecule has 0 fully saturated rings. The number of anilines is 1. The molecular formula is C27H26N2O5S. The highest BCUT2D eigenvalue weighted by molar-refractivity contribution is 7.92. The second-order valence-corrected chi connectivity index (χ2v) is 9.64. The van der Waals surface area contributed by atoms with Crippen molar-refractivity contribution in [1.29, 1.82) is 0 Å². The van der Waals surface area contributed by atoms with Crippen molar-refractivity contribution in [1.82, 2.24) is 5.32 Å². The van der Waals surface area contributed by atoms with Crippen molar-refractivity contribution in [3.05, 3.63) is 96.6 Å². The molecule has 4 aromatic rings. The number of para-hydroxylation sites is 1. The molecule has 8 heteroatoms. The van der Waals surface area contributed by atoms with Crippen LogP contribution in [0.4, 0.5) is 5.69 Å². The van der Waals surface area contributed by atoms with Crippen LogP contribution in [0.1, 0.15) is 5.56 Å². The highest BCUT2D eigenvalue weighted by atomic mass is 32.2. The number of nitrogens with one attached hydrogen (secondary N) is 1. The number of nitrogens with zero attached hydrogens (tertiary/aromatic N) is 1. The lowest BCUT2D eigenvalue weighted by atomic mass is 10.0. The molecule has 1 amide bonds. The maximum atomic E-state index is 13.6. The summed E-state index contributed by atoms with van der Waals surface area (Å²) in [5, 5.41) is 4.97. The monoisotopic (exact) mass is 490 g/mol. The molecule has 4 aromatic carbocycles. The van der Waals surface area contributed by atoms with Crippen LogP contribution in [0.15, 0.2) is 95.9 Å². The summed E-state index contributed by atoms with van der Waals surface area (Å²) in [4.78, 5) is 13.0. The van der Waals surface area contributed by atoms with Crippen molar-refractivity contribution in [3.8, 4) is 11.5 Å². The van der Waals surface area contributed by atoms with Crippen molar-refractivity contribution in [2.45, 2.75) is 11.4 Å². The van der Waals surface area contributed by atoms with E-state index in [2.05, 4.69) is 5.32 Å². The Bertz CT molecular complexity index is 1430. The van der Waals surface area contributed by atoms with Gasteiger partial charge in [0.25, 0.3) is 10.0 Å². The number of sulfonamides is 1. The van der Waals surface area contributed by atoms with Crippen LogP contribution in [0.25, 0.3) is 10.8 Å². The van der Waals surface area contributed by atoms with Gasteiger partial charge in [0, 0.05) is 12.6 Å². The minimum Gasteiger partial charge on any atom is -0.493 e. The topological polar surface area (TPSA) is 84.9 Å². The van der Waals surface area contributed by atoms with E-state index in [0.29, 0.717) is 11.4 Å². The molecule has 180 valence electrons. The number of fused-ring (bicyclic) bond motifs is 1. The maximum absolute atomic E-state index is 13.6. The first-order chi connectivity index (χ1) is 16.9. The highest BCUT2D eigenvalue weighted by Gasteiger charge is 2.28. The van der Waals surface area contributed by atoms with Crippen LogP contribution in [-0.2, 0) is 21.4 Å². The van der Waals surface area contributed by atoms with Gasteiger partial charge in [0.1, 0.15) is 6.54 Å². The largest absolute Gasteiger partial charge is 0.493 e. The van der Waals surface area contributed by atoms with E-state index in [9.17, 15) is 13.2 Å². The Kier molecular flexibility index (Phi) is 7.22. The SMILES string of the molecule is COc1ccc(S(=O)(=O)N(CC(=O)NCc2cccc3ccccc23)c2ccccc2)cc1OC. The maximum Gasteiger partial charge on any atom is 0.264 e. The summed E-state index contributed by atoms with van der Waals surface area (Å²) in [6, 6.07) is 26.7. The highest BCUT2D eigenvalue weighted by Crippen LogP contribution is 2.32. The van der Waals surface area contributed by atoms with E-state index in [1.54, 1.807) is 30.3 Å². The third kappa shape index (κ3) is 5.22. The molecule has 0 bridgehead atoms. The molecule has 35 heavy (non-hydrogen) atoms. The molecular weight excluding hydrogens is 464 g/mol. The third-order valence-electron chi connectivity index (χ3n) is 5.63. The second-order valence-electron chi connectivity index (χ2n) is 7.78. The summed E-state index contributed by atoms with van der Waals surface area (Å²) in [5.74, 6) is 0.262. The van der Waals surface area contributed by atoms with E-state index in [1.807, 2.05) is 42.5 Å². The van der Waals surface area contributed by atoms with Gasteiger partial charge < -0.3 is 14.8 Å². The van der Waals surface area contributed by atoms with Crippen LogP contribution in [0.3, 0.4) is 0 Å². The molecule has 0 spiro atoms. The van der Waals surface area contributed by atoms with Crippen molar-refractivity contribution in [2.24, 2.45) is 0 Å². The molecule has 0 aliphatic heterocycles. The summed E-state index contributed by atoms with van der Waals surface area (Å²) in [6.07, 6.45) is 0. The Morgan fingerprint density at radius 1 is 0.829 bits per heavy atom. The fourth-order valence-corrected chi connectivity index (χ4v) is 5.28. The van der Waals surface area contributed by atoms with Gasteiger partial charge >= 0.3 is 0 Å². The van der Waals surface area contributed by atoms with Gasteiger partial charge in [0.05, 0.1) is 24.8 Å². The standard InChI is InChI=1S/C27H26N2O5S/c1-33-25-16-15-23(17-26(25)34-2)35(31,32)29(22-12-4-3-5-13-22)19-27(30)28-18-21-11-8-10-20-9-6-7-14-24(20)21/h3-17H,18-19H2,1-2H3,(H,28,30). The van der Waals surface area contributed by atoms with E-state index in [0.717, 1.165) is 20.6 Å². The van der Waals surface area contributed by atoms with Gasteiger partial charge in [0.2, 0.25) is 5.91 Å². The van der Waals surface area contributed by atoms with Gasteiger partial charge in [-0.1, -0.05) is 60.7 Å². The molecule has 0 saturated heterocycles. The summed E-state index contributed by atoms with van der Waals surface area (Å²) >= 11 is 0. The van der Waals surface area contributed by atoms with E-state index >= 15 is 0 Å². The van der Waals surface area contributed by atoms with Crippen molar-refractivity contribution in [3.63, 3.8) is 0 Å². The summed E-state index contributed by atoms with van der Waals surface area (Å²) in [6.45, 7) is -0.106. The zero-order valence-electron chi connectivity index (χ0n) is 19.5. The predicted molar refractivity (Wildman–Crippen MR) is 136 cm³/mol. The average molecular weight is 491 g/mol. The number of rotatable bonds is 9. The normalized spacial score (nSPS) is 11.1. The molecule has 0 unspecified atom stereocenters. The molecule has 0 atom stereocenters. The van der Waals surface area contributed by atoms with E-state index in [4.69, 9.17) is 9.47 Å². The average Bonchev–Trinajstić information content (AvgIpc) is 2.90. The van der Waals surface area contributed by atoms with Crippen molar-refractivity contribution >= 4 is 32.4 Å². The van der Waals surface area contributed by atoms with Gasteiger partial charge in [-0.2, -0.15) is 0 Å². The molecule has 0 aliphatic carbocycles. The van der Waals surface area contributed by atoms with Crippen LogP contribution in [0.2, 0.25) is 0 Å². The molecule has 7 nitrogen and oxygen atoms in total. The van der Waals surface area contributed by atoms with Gasteiger partial charge in [-0.05, 0) is 40.6 Å². The fraction of sp³-hybridized carbons (Fsp3) is 0.148. The van der Waals surface area contributed by atoms with Crippen LogP contribution < -0.4 is 19.1 Å². The van der Waals surface area contributed by atoms with E-state index in [-0.39, 0.29) is 23.7 Å². The molecule has 0 saturated carbocycles. The lowest BCUT2D eigenvalue weighted by molar-refractivity contribution is -0.119. The number of methoxy groups -OCH3 is 2. The first-order valence-electron chi connectivity index (χ1n) is 11.0. The fourth-order valence-electron chi connectivity index (χ4n) is 3.84. The lowest BCUT2D eigenvalue weighted by Crippen LogP contribution is -2.40. The van der Waals surface area contributed by atoms with E-state index < -0.39 is 15.9 Å². The molecule has 4 rings (SSSR count). The van der Waals surface area contributed by atoms with Gasteiger partial charge in [-0.25, -0.2) is 8.42 Å². The third-order valence-corrected chi connectivity index (χ3v) is 7.40. The first kappa shape index (κ1) is 24.1. The summed E-state index contributed by atoms with van der Waals surface area (Å²) in [5.41, 5.74) is 1.33. The molecule has 0 aromatic heterocycles. The lowest BCUT2D eigenvalue weighted by Gasteiger charge is -2.24. The van der Waals surface area contributed by atoms with Crippen LogP contribution in [-0.4, -0.2) is 35.1 Å². The molecule has 0 radical (unpaired) electrons. The Labute approximate surface area is 205 Å². The van der Waals surface area contributed by atoms with Crippen LogP contribution >= 0.6 is 0 Å². The molecule has 0 heterocycles. The number of amides is 1. The Hall–Kier alpha value is -4.04. The Balaban J connectivity index is 1.60. The Morgan fingerprint density at radius 2 is 1.51 bits per heavy atom. The van der Waals surface area contributed by atoms with Crippen LogP contribution in [0.5, 0.6) is 11.5 Å².